The summed E-state index contributed by atoms with van der Waals surface area (Å²) in [6, 6.07) is 15.4. The number of aromatic nitrogens is 1. The van der Waals surface area contributed by atoms with Gasteiger partial charge in [-0.15, -0.1) is 0 Å². The van der Waals surface area contributed by atoms with E-state index in [1.807, 2.05) is 19.1 Å². The molecular formula is C19H16N2O4. The number of benzene rings is 2. The molecule has 1 heterocycles. The number of amides is 1. The molecular weight excluding hydrogens is 320 g/mol. The third-order valence-electron chi connectivity index (χ3n) is 3.72. The average Bonchev–Trinajstić information content (AvgIpc) is 2.61. The van der Waals surface area contributed by atoms with Crippen molar-refractivity contribution in [2.75, 3.05) is 11.9 Å². The molecule has 0 fully saturated rings. The summed E-state index contributed by atoms with van der Waals surface area (Å²) in [5, 5.41) is 3.24. The Balaban J connectivity index is 1.72. The van der Waals surface area contributed by atoms with Crippen molar-refractivity contribution in [2.24, 2.45) is 0 Å². The fourth-order valence-electron chi connectivity index (χ4n) is 2.48. The van der Waals surface area contributed by atoms with Crippen LogP contribution in [0.2, 0.25) is 0 Å². The Morgan fingerprint density at radius 2 is 1.80 bits per heavy atom. The number of rotatable bonds is 4. The van der Waals surface area contributed by atoms with Crippen molar-refractivity contribution >= 4 is 28.5 Å². The lowest BCUT2D eigenvalue weighted by Crippen LogP contribution is -2.22. The van der Waals surface area contributed by atoms with Gasteiger partial charge in [0.15, 0.2) is 6.61 Å². The van der Waals surface area contributed by atoms with Crippen molar-refractivity contribution < 1.29 is 14.3 Å². The highest BCUT2D eigenvalue weighted by molar-refractivity contribution is 6.04. The number of nitrogens with one attached hydrogen (secondary N) is 2. The van der Waals surface area contributed by atoms with Gasteiger partial charge in [-0.2, -0.15) is 0 Å². The molecule has 1 aromatic heterocycles. The highest BCUT2D eigenvalue weighted by atomic mass is 16.5. The highest BCUT2D eigenvalue weighted by Crippen LogP contribution is 2.16. The van der Waals surface area contributed by atoms with Crippen LogP contribution in [0.15, 0.2) is 59.4 Å². The maximum absolute atomic E-state index is 12.3. The molecule has 0 aliphatic heterocycles. The van der Waals surface area contributed by atoms with E-state index >= 15 is 0 Å². The quantitative estimate of drug-likeness (QED) is 0.717. The van der Waals surface area contributed by atoms with E-state index in [0.29, 0.717) is 16.6 Å². The first-order chi connectivity index (χ1) is 12.0. The van der Waals surface area contributed by atoms with Gasteiger partial charge in [-0.1, -0.05) is 36.4 Å². The molecule has 1 amide bonds. The van der Waals surface area contributed by atoms with E-state index in [1.165, 1.54) is 6.07 Å². The van der Waals surface area contributed by atoms with Gasteiger partial charge in [-0.25, -0.2) is 4.79 Å². The maximum Gasteiger partial charge on any atom is 0.339 e. The molecule has 0 unspecified atom stereocenters. The lowest BCUT2D eigenvalue weighted by molar-refractivity contribution is -0.119. The number of pyridine rings is 1. The number of para-hydroxylation sites is 2. The molecule has 2 aromatic carbocycles. The molecule has 25 heavy (non-hydrogen) atoms. The van der Waals surface area contributed by atoms with Gasteiger partial charge in [0.05, 0.1) is 5.56 Å². The number of aromatic amines is 1. The van der Waals surface area contributed by atoms with E-state index in [2.05, 4.69) is 10.3 Å². The van der Waals surface area contributed by atoms with Crippen LogP contribution in [-0.2, 0) is 9.53 Å². The van der Waals surface area contributed by atoms with E-state index in [-0.39, 0.29) is 5.56 Å². The van der Waals surface area contributed by atoms with E-state index in [0.717, 1.165) is 5.56 Å². The van der Waals surface area contributed by atoms with Crippen molar-refractivity contribution in [1.29, 1.82) is 0 Å². The number of esters is 1. The van der Waals surface area contributed by atoms with Crippen LogP contribution in [0, 0.1) is 6.92 Å². The molecule has 0 aliphatic rings. The van der Waals surface area contributed by atoms with Gasteiger partial charge in [-0.05, 0) is 24.6 Å². The van der Waals surface area contributed by atoms with Crippen LogP contribution in [-0.4, -0.2) is 23.5 Å². The van der Waals surface area contributed by atoms with Gasteiger partial charge in [0.25, 0.3) is 5.91 Å². The Hall–Kier alpha value is -3.41. The smallest absolute Gasteiger partial charge is 0.339 e. The summed E-state index contributed by atoms with van der Waals surface area (Å²) >= 11 is 0. The summed E-state index contributed by atoms with van der Waals surface area (Å²) in [4.78, 5) is 38.6. The summed E-state index contributed by atoms with van der Waals surface area (Å²) in [5.74, 6) is -1.17. The van der Waals surface area contributed by atoms with Crippen LogP contribution >= 0.6 is 0 Å². The number of carbonyl (C=O) groups excluding carboxylic acids is 2. The van der Waals surface area contributed by atoms with Crippen molar-refractivity contribution in [3.63, 3.8) is 0 Å². The number of fused-ring (bicyclic) bond motifs is 1. The third-order valence-corrected chi connectivity index (χ3v) is 3.72. The Bertz CT molecular complexity index is 1010. The second-order valence-corrected chi connectivity index (χ2v) is 5.53. The Morgan fingerprint density at radius 1 is 1.08 bits per heavy atom. The molecule has 2 N–H and O–H groups in total. The molecule has 0 radical (unpaired) electrons. The van der Waals surface area contributed by atoms with E-state index in [1.54, 1.807) is 36.4 Å². The van der Waals surface area contributed by atoms with Gasteiger partial charge in [0.1, 0.15) is 0 Å². The fraction of sp³-hybridized carbons (Fsp3) is 0.105. The number of ether oxygens (including phenoxy) is 1. The van der Waals surface area contributed by atoms with E-state index in [4.69, 9.17) is 4.74 Å². The van der Waals surface area contributed by atoms with E-state index < -0.39 is 24.0 Å². The first kappa shape index (κ1) is 16.4. The Morgan fingerprint density at radius 3 is 2.60 bits per heavy atom. The van der Waals surface area contributed by atoms with Crippen molar-refractivity contribution in [1.82, 2.24) is 4.98 Å². The van der Waals surface area contributed by atoms with Gasteiger partial charge in [0, 0.05) is 22.7 Å². The van der Waals surface area contributed by atoms with Crippen LogP contribution < -0.4 is 10.9 Å². The number of carbonyl (C=O) groups is 2. The SMILES string of the molecule is Cc1ccccc1NC(=O)COC(=O)c1cc(=O)[nH]c2ccccc12. The monoisotopic (exact) mass is 336 g/mol. The molecule has 0 atom stereocenters. The van der Waals surface area contributed by atoms with Crippen LogP contribution in [0.4, 0.5) is 5.69 Å². The topological polar surface area (TPSA) is 88.3 Å². The Labute approximate surface area is 143 Å². The third kappa shape index (κ3) is 3.74. The summed E-state index contributed by atoms with van der Waals surface area (Å²) < 4.78 is 5.06. The molecule has 3 aromatic rings. The number of H-pyrrole nitrogens is 1. The second-order valence-electron chi connectivity index (χ2n) is 5.53. The lowest BCUT2D eigenvalue weighted by Gasteiger charge is -2.09. The van der Waals surface area contributed by atoms with Gasteiger partial charge >= 0.3 is 5.97 Å². The normalized spacial score (nSPS) is 10.4. The van der Waals surface area contributed by atoms with Crippen LogP contribution in [0.5, 0.6) is 0 Å². The molecule has 3 rings (SSSR count). The molecule has 0 saturated carbocycles. The predicted molar refractivity (Wildman–Crippen MR) is 94.7 cm³/mol. The summed E-state index contributed by atoms with van der Waals surface area (Å²) in [6.07, 6.45) is 0. The highest BCUT2D eigenvalue weighted by Gasteiger charge is 2.15. The molecule has 126 valence electrons. The first-order valence-electron chi connectivity index (χ1n) is 7.69. The molecule has 0 aliphatic carbocycles. The molecule has 0 saturated heterocycles. The predicted octanol–water partition coefficient (Wildman–Crippen LogP) is 2.63. The van der Waals surface area contributed by atoms with Crippen molar-refractivity contribution in [3.05, 3.63) is 76.1 Å². The zero-order valence-corrected chi connectivity index (χ0v) is 13.5. The number of anilines is 1. The lowest BCUT2D eigenvalue weighted by atomic mass is 10.1. The zero-order valence-electron chi connectivity index (χ0n) is 13.5. The summed E-state index contributed by atoms with van der Waals surface area (Å²) in [7, 11) is 0. The minimum absolute atomic E-state index is 0.128. The van der Waals surface area contributed by atoms with Crippen LogP contribution in [0.1, 0.15) is 15.9 Å². The van der Waals surface area contributed by atoms with Gasteiger partial charge in [0.2, 0.25) is 5.56 Å². The van der Waals surface area contributed by atoms with Crippen molar-refractivity contribution in [3.8, 4) is 0 Å². The van der Waals surface area contributed by atoms with Crippen LogP contribution in [0.25, 0.3) is 10.9 Å². The zero-order chi connectivity index (χ0) is 17.8. The molecule has 6 heteroatoms. The second kappa shape index (κ2) is 7.00. The van der Waals surface area contributed by atoms with E-state index in [9.17, 15) is 14.4 Å². The van der Waals surface area contributed by atoms with Gasteiger partial charge in [-0.3, -0.25) is 9.59 Å². The number of aryl methyl sites for hydroxylation is 1. The standard InChI is InChI=1S/C19H16N2O4/c1-12-6-2-4-8-15(12)20-18(23)11-25-19(24)14-10-17(22)21-16-9-5-3-7-13(14)16/h2-10H,11H2,1H3,(H,20,23)(H,21,22). The molecule has 0 spiro atoms. The molecule has 6 nitrogen and oxygen atoms in total. The van der Waals surface area contributed by atoms with Crippen LogP contribution in [0.3, 0.4) is 0 Å². The number of hydrogen-bond donors (Lipinski definition) is 2. The maximum atomic E-state index is 12.3. The first-order valence-corrected chi connectivity index (χ1v) is 7.69. The van der Waals surface area contributed by atoms with Crippen molar-refractivity contribution in [2.45, 2.75) is 6.92 Å². The minimum Gasteiger partial charge on any atom is -0.452 e. The minimum atomic E-state index is -0.720. The number of hydrogen-bond acceptors (Lipinski definition) is 4. The van der Waals surface area contributed by atoms with Gasteiger partial charge < -0.3 is 15.0 Å². The summed E-state index contributed by atoms with van der Waals surface area (Å²) in [6.45, 7) is 1.43. The fourth-order valence-corrected chi connectivity index (χ4v) is 2.48. The Kier molecular flexibility index (Phi) is 4.61. The largest absolute Gasteiger partial charge is 0.452 e. The summed E-state index contributed by atoms with van der Waals surface area (Å²) in [5.41, 5.74) is 1.82. The molecule has 0 bridgehead atoms. The average molecular weight is 336 g/mol.